The van der Waals surface area contributed by atoms with E-state index in [1.807, 2.05) is 30.5 Å². The zero-order valence-electron chi connectivity index (χ0n) is 13.6. The van der Waals surface area contributed by atoms with Gasteiger partial charge in [-0.1, -0.05) is 12.1 Å². The molecule has 4 heteroatoms. The number of benzene rings is 1. The van der Waals surface area contributed by atoms with Crippen LogP contribution in [0.1, 0.15) is 50.9 Å². The van der Waals surface area contributed by atoms with E-state index in [0.29, 0.717) is 0 Å². The van der Waals surface area contributed by atoms with Crippen LogP contribution in [-0.2, 0) is 0 Å². The highest BCUT2D eigenvalue weighted by molar-refractivity contribution is 7.98. The van der Waals surface area contributed by atoms with Crippen molar-refractivity contribution in [2.45, 2.75) is 62.6 Å². The first-order valence-corrected chi connectivity index (χ1v) is 8.68. The summed E-state index contributed by atoms with van der Waals surface area (Å²) in [6, 6.07) is 8.00. The molecule has 0 bridgehead atoms. The third-order valence-electron chi connectivity index (χ3n) is 3.88. The van der Waals surface area contributed by atoms with Crippen LogP contribution in [0.5, 0.6) is 0 Å². The van der Waals surface area contributed by atoms with Crippen LogP contribution in [0.2, 0.25) is 0 Å². The van der Waals surface area contributed by atoms with Gasteiger partial charge in [0.25, 0.3) is 5.91 Å². The molecule has 21 heavy (non-hydrogen) atoms. The standard InChI is InChI=1S/C17H26N2OS/c1-16(2)10-12(11-17(3,4)19-16)18-15(20)13-8-6-7-9-14(13)21-5/h6-9,12,19H,10-11H2,1-5H3,(H,18,20). The summed E-state index contributed by atoms with van der Waals surface area (Å²) in [6.45, 7) is 8.79. The van der Waals surface area contributed by atoms with Gasteiger partial charge in [-0.3, -0.25) is 4.79 Å². The van der Waals surface area contributed by atoms with Gasteiger partial charge < -0.3 is 10.6 Å². The monoisotopic (exact) mass is 306 g/mol. The lowest BCUT2D eigenvalue weighted by Crippen LogP contribution is -2.62. The average Bonchev–Trinajstić information content (AvgIpc) is 2.34. The number of amides is 1. The minimum Gasteiger partial charge on any atom is -0.349 e. The van der Waals surface area contributed by atoms with E-state index in [9.17, 15) is 4.79 Å². The SMILES string of the molecule is CSc1ccccc1C(=O)NC1CC(C)(C)NC(C)(C)C1. The summed E-state index contributed by atoms with van der Waals surface area (Å²) >= 11 is 1.61. The molecule has 3 nitrogen and oxygen atoms in total. The van der Waals surface area contributed by atoms with E-state index in [2.05, 4.69) is 38.3 Å². The summed E-state index contributed by atoms with van der Waals surface area (Å²) in [6.07, 6.45) is 3.90. The number of hydrogen-bond acceptors (Lipinski definition) is 3. The van der Waals surface area contributed by atoms with Gasteiger partial charge in [0.05, 0.1) is 5.56 Å². The maximum Gasteiger partial charge on any atom is 0.252 e. The van der Waals surface area contributed by atoms with Gasteiger partial charge in [-0.15, -0.1) is 11.8 Å². The predicted octanol–water partition coefficient (Wildman–Crippen LogP) is 3.45. The molecule has 1 aliphatic rings. The van der Waals surface area contributed by atoms with Crippen LogP contribution in [0, 0.1) is 0 Å². The smallest absolute Gasteiger partial charge is 0.252 e. The molecule has 1 amide bonds. The van der Waals surface area contributed by atoms with Crippen LogP contribution in [0.25, 0.3) is 0 Å². The van der Waals surface area contributed by atoms with E-state index in [4.69, 9.17) is 0 Å². The van der Waals surface area contributed by atoms with Crippen molar-refractivity contribution in [2.24, 2.45) is 0 Å². The van der Waals surface area contributed by atoms with Crippen molar-refractivity contribution in [2.75, 3.05) is 6.26 Å². The van der Waals surface area contributed by atoms with Crippen molar-refractivity contribution in [3.8, 4) is 0 Å². The zero-order valence-corrected chi connectivity index (χ0v) is 14.4. The molecule has 2 rings (SSSR count). The van der Waals surface area contributed by atoms with E-state index < -0.39 is 0 Å². The number of rotatable bonds is 3. The van der Waals surface area contributed by atoms with Crippen molar-refractivity contribution >= 4 is 17.7 Å². The topological polar surface area (TPSA) is 41.1 Å². The summed E-state index contributed by atoms with van der Waals surface area (Å²) in [5.41, 5.74) is 0.858. The van der Waals surface area contributed by atoms with Gasteiger partial charge in [-0.05, 0) is 58.9 Å². The van der Waals surface area contributed by atoms with Crippen molar-refractivity contribution < 1.29 is 4.79 Å². The molecule has 0 saturated carbocycles. The van der Waals surface area contributed by atoms with Gasteiger partial charge in [0.2, 0.25) is 0 Å². The Hall–Kier alpha value is -1.00. The zero-order chi connectivity index (χ0) is 15.7. The van der Waals surface area contributed by atoms with Crippen molar-refractivity contribution in [1.29, 1.82) is 0 Å². The summed E-state index contributed by atoms with van der Waals surface area (Å²) in [7, 11) is 0. The lowest BCUT2D eigenvalue weighted by atomic mass is 9.79. The summed E-state index contributed by atoms with van der Waals surface area (Å²) in [4.78, 5) is 13.6. The molecule has 1 aliphatic heterocycles. The van der Waals surface area contributed by atoms with E-state index >= 15 is 0 Å². The van der Waals surface area contributed by atoms with E-state index in [0.717, 1.165) is 23.3 Å². The van der Waals surface area contributed by atoms with E-state index in [-0.39, 0.29) is 23.0 Å². The number of nitrogens with one attached hydrogen (secondary N) is 2. The number of carbonyl (C=O) groups excluding carboxylic acids is 1. The fourth-order valence-electron chi connectivity index (χ4n) is 3.52. The van der Waals surface area contributed by atoms with Crippen LogP contribution in [0.4, 0.5) is 0 Å². The molecular formula is C17H26N2OS. The Morgan fingerprint density at radius 2 is 1.76 bits per heavy atom. The predicted molar refractivity (Wildman–Crippen MR) is 90.0 cm³/mol. The van der Waals surface area contributed by atoms with Gasteiger partial charge in [-0.2, -0.15) is 0 Å². The third-order valence-corrected chi connectivity index (χ3v) is 4.67. The Kier molecular flexibility index (Phi) is 4.69. The molecular weight excluding hydrogens is 280 g/mol. The lowest BCUT2D eigenvalue weighted by Gasteiger charge is -2.46. The van der Waals surface area contributed by atoms with Crippen molar-refractivity contribution in [3.05, 3.63) is 29.8 Å². The number of piperidine rings is 1. The summed E-state index contributed by atoms with van der Waals surface area (Å²) in [5, 5.41) is 6.87. The minimum atomic E-state index is 0.0402. The first kappa shape index (κ1) is 16.4. The summed E-state index contributed by atoms with van der Waals surface area (Å²) < 4.78 is 0. The quantitative estimate of drug-likeness (QED) is 0.841. The van der Waals surface area contributed by atoms with Gasteiger partial charge in [0, 0.05) is 22.0 Å². The lowest BCUT2D eigenvalue weighted by molar-refractivity contribution is 0.0870. The summed E-state index contributed by atoms with van der Waals surface area (Å²) in [5.74, 6) is 0.0402. The molecule has 1 heterocycles. The van der Waals surface area contributed by atoms with Crippen LogP contribution in [-0.4, -0.2) is 29.3 Å². The molecule has 1 aromatic rings. The highest BCUT2D eigenvalue weighted by Crippen LogP contribution is 2.29. The fourth-order valence-corrected chi connectivity index (χ4v) is 4.12. The van der Waals surface area contributed by atoms with Gasteiger partial charge in [0.15, 0.2) is 0 Å². The average molecular weight is 306 g/mol. The Balaban J connectivity index is 2.12. The maximum atomic E-state index is 12.6. The Bertz CT molecular complexity index is 509. The third kappa shape index (κ3) is 4.24. The van der Waals surface area contributed by atoms with Crippen LogP contribution in [0.15, 0.2) is 29.2 Å². The minimum absolute atomic E-state index is 0.0402. The molecule has 0 atom stereocenters. The van der Waals surface area contributed by atoms with Crippen molar-refractivity contribution in [3.63, 3.8) is 0 Å². The Morgan fingerprint density at radius 1 is 1.19 bits per heavy atom. The largest absolute Gasteiger partial charge is 0.349 e. The van der Waals surface area contributed by atoms with Gasteiger partial charge in [0.1, 0.15) is 0 Å². The molecule has 2 N–H and O–H groups in total. The number of hydrogen-bond donors (Lipinski definition) is 2. The molecule has 0 spiro atoms. The molecule has 0 radical (unpaired) electrons. The first-order chi connectivity index (χ1) is 9.72. The second kappa shape index (κ2) is 6.01. The van der Waals surface area contributed by atoms with Gasteiger partial charge in [-0.25, -0.2) is 0 Å². The van der Waals surface area contributed by atoms with Gasteiger partial charge >= 0.3 is 0 Å². The molecule has 1 aromatic carbocycles. The molecule has 0 unspecified atom stereocenters. The van der Waals surface area contributed by atoms with Crippen molar-refractivity contribution in [1.82, 2.24) is 10.6 Å². The number of thioether (sulfide) groups is 1. The number of carbonyl (C=O) groups is 1. The molecule has 1 saturated heterocycles. The van der Waals surface area contributed by atoms with Crippen LogP contribution in [0.3, 0.4) is 0 Å². The first-order valence-electron chi connectivity index (χ1n) is 7.46. The fraction of sp³-hybridized carbons (Fsp3) is 0.588. The van der Waals surface area contributed by atoms with E-state index in [1.54, 1.807) is 11.8 Å². The molecule has 0 aliphatic carbocycles. The highest BCUT2D eigenvalue weighted by atomic mass is 32.2. The van der Waals surface area contributed by atoms with Crippen LogP contribution >= 0.6 is 11.8 Å². The van der Waals surface area contributed by atoms with Crippen LogP contribution < -0.4 is 10.6 Å². The van der Waals surface area contributed by atoms with E-state index in [1.165, 1.54) is 0 Å². The second-order valence-corrected chi connectivity index (χ2v) is 8.02. The molecule has 1 fully saturated rings. The Labute approximate surface area is 132 Å². The normalized spacial score (nSPS) is 21.0. The maximum absolute atomic E-state index is 12.6. The molecule has 0 aromatic heterocycles. The molecule has 116 valence electrons. The Morgan fingerprint density at radius 3 is 2.33 bits per heavy atom. The highest BCUT2D eigenvalue weighted by Gasteiger charge is 2.38. The second-order valence-electron chi connectivity index (χ2n) is 7.17.